The van der Waals surface area contributed by atoms with Gasteiger partial charge in [-0.1, -0.05) is 29.3 Å². The first-order chi connectivity index (χ1) is 14.2. The molecule has 9 heteroatoms. The van der Waals surface area contributed by atoms with Gasteiger partial charge in [0.2, 0.25) is 5.88 Å². The highest BCUT2D eigenvalue weighted by atomic mass is 35.5. The molecule has 2 heterocycles. The van der Waals surface area contributed by atoms with Crippen LogP contribution in [0.25, 0.3) is 11.3 Å². The van der Waals surface area contributed by atoms with Gasteiger partial charge in [0.1, 0.15) is 5.56 Å². The number of ether oxygens (including phenoxy) is 1. The Hall–Kier alpha value is -2.77. The van der Waals surface area contributed by atoms with E-state index in [2.05, 4.69) is 5.10 Å². The fourth-order valence-corrected chi connectivity index (χ4v) is 3.54. The Morgan fingerprint density at radius 3 is 2.53 bits per heavy atom. The highest BCUT2D eigenvalue weighted by molar-refractivity contribution is 6.42. The summed E-state index contributed by atoms with van der Waals surface area (Å²) in [5.74, 6) is -0.830. The Balaban J connectivity index is 2.16. The number of carbonyl (C=O) groups is 1. The Bertz CT molecular complexity index is 1150. The van der Waals surface area contributed by atoms with Gasteiger partial charge >= 0.3 is 5.97 Å². The van der Waals surface area contributed by atoms with E-state index in [0.29, 0.717) is 28.7 Å². The van der Waals surface area contributed by atoms with Crippen molar-refractivity contribution in [3.05, 3.63) is 68.1 Å². The molecule has 0 unspecified atom stereocenters. The Morgan fingerprint density at radius 1 is 1.20 bits per heavy atom. The maximum atomic E-state index is 12.7. The van der Waals surface area contributed by atoms with Gasteiger partial charge in [0, 0.05) is 36.1 Å². The number of halogens is 2. The van der Waals surface area contributed by atoms with Crippen LogP contribution in [0.5, 0.6) is 5.88 Å². The third-order valence-corrected chi connectivity index (χ3v) is 5.16. The molecule has 0 aliphatic heterocycles. The van der Waals surface area contributed by atoms with Crippen molar-refractivity contribution in [2.75, 3.05) is 0 Å². The molecule has 0 saturated heterocycles. The predicted octanol–water partition coefficient (Wildman–Crippen LogP) is 4.57. The summed E-state index contributed by atoms with van der Waals surface area (Å²) in [4.78, 5) is 24.6. The molecule has 3 aromatic rings. The summed E-state index contributed by atoms with van der Waals surface area (Å²) in [5.41, 5.74) is 0.467. The summed E-state index contributed by atoms with van der Waals surface area (Å²) in [6.45, 7) is 6.38. The largest absolute Gasteiger partial charge is 0.477 e. The number of carboxylic acid groups (broad SMARTS) is 1. The molecule has 0 aliphatic carbocycles. The molecule has 0 bridgehead atoms. The maximum Gasteiger partial charge on any atom is 0.341 e. The van der Waals surface area contributed by atoms with Crippen molar-refractivity contribution in [1.82, 2.24) is 14.3 Å². The number of hydrogen-bond acceptors (Lipinski definition) is 4. The normalized spacial score (nSPS) is 11.1. The van der Waals surface area contributed by atoms with Crippen molar-refractivity contribution >= 4 is 29.2 Å². The van der Waals surface area contributed by atoms with Crippen LogP contribution in [0, 0.1) is 0 Å². The lowest BCUT2D eigenvalue weighted by Gasteiger charge is -2.20. The minimum absolute atomic E-state index is 0.0155. The van der Waals surface area contributed by atoms with E-state index >= 15 is 0 Å². The standard InChI is InChI=1S/C21H21Cl2N3O4/c1-4-26-14(11-25-8-7-18(24-25)30-12(2)3)10-17(27)19(21(28)29)20(26)13-5-6-15(22)16(23)9-13/h5-10,12H,4,11H2,1-3H3,(H,28,29). The van der Waals surface area contributed by atoms with Crippen LogP contribution in [0.4, 0.5) is 0 Å². The third kappa shape index (κ3) is 4.52. The topological polar surface area (TPSA) is 86.4 Å². The average molecular weight is 450 g/mol. The second-order valence-corrected chi connectivity index (χ2v) is 7.73. The molecule has 0 amide bonds. The molecule has 30 heavy (non-hydrogen) atoms. The van der Waals surface area contributed by atoms with Gasteiger partial charge in [-0.2, -0.15) is 0 Å². The fourth-order valence-electron chi connectivity index (χ4n) is 3.24. The molecule has 1 aromatic carbocycles. The zero-order valence-electron chi connectivity index (χ0n) is 16.7. The molecule has 0 atom stereocenters. The lowest BCUT2D eigenvalue weighted by molar-refractivity contribution is 0.0695. The summed E-state index contributed by atoms with van der Waals surface area (Å²) in [6, 6.07) is 7.85. The number of rotatable bonds is 7. The first kappa shape index (κ1) is 21.9. The van der Waals surface area contributed by atoms with Crippen LogP contribution in [0.2, 0.25) is 10.0 Å². The number of hydrogen-bond donors (Lipinski definition) is 1. The Labute approximate surface area is 183 Å². The minimum Gasteiger partial charge on any atom is -0.477 e. The van der Waals surface area contributed by atoms with Gasteiger partial charge in [0.05, 0.1) is 28.4 Å². The summed E-state index contributed by atoms with van der Waals surface area (Å²) in [5, 5.41) is 14.7. The zero-order valence-corrected chi connectivity index (χ0v) is 18.2. The van der Waals surface area contributed by atoms with Crippen LogP contribution in [-0.2, 0) is 13.1 Å². The first-order valence-electron chi connectivity index (χ1n) is 9.36. The molecule has 0 aliphatic rings. The summed E-state index contributed by atoms with van der Waals surface area (Å²) in [7, 11) is 0. The van der Waals surface area contributed by atoms with Crippen molar-refractivity contribution < 1.29 is 14.6 Å². The van der Waals surface area contributed by atoms with E-state index in [1.54, 1.807) is 39.7 Å². The number of aromatic carboxylic acids is 1. The van der Waals surface area contributed by atoms with Crippen LogP contribution in [0.15, 0.2) is 41.3 Å². The molecular weight excluding hydrogens is 429 g/mol. The van der Waals surface area contributed by atoms with E-state index in [-0.39, 0.29) is 28.9 Å². The molecule has 0 saturated carbocycles. The number of pyridine rings is 1. The van der Waals surface area contributed by atoms with Crippen molar-refractivity contribution in [3.8, 4) is 17.1 Å². The minimum atomic E-state index is -1.30. The fraction of sp³-hybridized carbons (Fsp3) is 0.286. The lowest BCUT2D eigenvalue weighted by atomic mass is 10.0. The van der Waals surface area contributed by atoms with Gasteiger partial charge in [0.15, 0.2) is 5.43 Å². The van der Waals surface area contributed by atoms with Crippen LogP contribution >= 0.6 is 23.2 Å². The van der Waals surface area contributed by atoms with Gasteiger partial charge in [-0.15, -0.1) is 5.10 Å². The average Bonchev–Trinajstić information content (AvgIpc) is 3.09. The van der Waals surface area contributed by atoms with Crippen molar-refractivity contribution in [3.63, 3.8) is 0 Å². The Kier molecular flexibility index (Phi) is 6.53. The summed E-state index contributed by atoms with van der Waals surface area (Å²) < 4.78 is 8.98. The molecule has 3 rings (SSSR count). The van der Waals surface area contributed by atoms with E-state index in [0.717, 1.165) is 0 Å². The molecule has 0 fully saturated rings. The van der Waals surface area contributed by atoms with Gasteiger partial charge < -0.3 is 14.4 Å². The highest BCUT2D eigenvalue weighted by Gasteiger charge is 2.22. The van der Waals surface area contributed by atoms with Crippen LogP contribution in [0.1, 0.15) is 36.8 Å². The number of benzene rings is 1. The van der Waals surface area contributed by atoms with Gasteiger partial charge in [-0.3, -0.25) is 9.48 Å². The molecular formula is C21H21Cl2N3O4. The van der Waals surface area contributed by atoms with E-state index < -0.39 is 11.4 Å². The van der Waals surface area contributed by atoms with E-state index in [9.17, 15) is 14.7 Å². The molecule has 2 aromatic heterocycles. The van der Waals surface area contributed by atoms with Crippen LogP contribution in [-0.4, -0.2) is 31.5 Å². The van der Waals surface area contributed by atoms with Crippen LogP contribution < -0.4 is 10.2 Å². The molecule has 0 spiro atoms. The SMILES string of the molecule is CCn1c(Cn2ccc(OC(C)C)n2)cc(=O)c(C(=O)O)c1-c1ccc(Cl)c(Cl)c1. The maximum absolute atomic E-state index is 12.7. The van der Waals surface area contributed by atoms with E-state index in [1.807, 2.05) is 20.8 Å². The highest BCUT2D eigenvalue weighted by Crippen LogP contribution is 2.30. The third-order valence-electron chi connectivity index (χ3n) is 4.42. The second-order valence-electron chi connectivity index (χ2n) is 6.92. The lowest BCUT2D eigenvalue weighted by Crippen LogP contribution is -2.24. The van der Waals surface area contributed by atoms with Crippen molar-refractivity contribution in [2.45, 2.75) is 40.0 Å². The zero-order chi connectivity index (χ0) is 22.0. The summed E-state index contributed by atoms with van der Waals surface area (Å²) >= 11 is 12.2. The van der Waals surface area contributed by atoms with Gasteiger partial charge in [0.25, 0.3) is 0 Å². The Morgan fingerprint density at radius 2 is 1.93 bits per heavy atom. The summed E-state index contributed by atoms with van der Waals surface area (Å²) in [6.07, 6.45) is 1.73. The van der Waals surface area contributed by atoms with E-state index in [1.165, 1.54) is 6.07 Å². The molecule has 1 N–H and O–H groups in total. The molecule has 158 valence electrons. The monoisotopic (exact) mass is 449 g/mol. The van der Waals surface area contributed by atoms with Gasteiger partial charge in [-0.25, -0.2) is 4.79 Å². The quantitative estimate of drug-likeness (QED) is 0.570. The van der Waals surface area contributed by atoms with Crippen LogP contribution in [0.3, 0.4) is 0 Å². The predicted molar refractivity (Wildman–Crippen MR) is 116 cm³/mol. The first-order valence-corrected chi connectivity index (χ1v) is 10.1. The van der Waals surface area contributed by atoms with Crippen molar-refractivity contribution in [1.29, 1.82) is 0 Å². The van der Waals surface area contributed by atoms with Crippen molar-refractivity contribution in [2.24, 2.45) is 0 Å². The van der Waals surface area contributed by atoms with E-state index in [4.69, 9.17) is 27.9 Å². The number of nitrogens with zero attached hydrogens (tertiary/aromatic N) is 3. The van der Waals surface area contributed by atoms with Gasteiger partial charge in [-0.05, 0) is 32.9 Å². The molecule has 0 radical (unpaired) electrons. The smallest absolute Gasteiger partial charge is 0.341 e. The molecule has 7 nitrogen and oxygen atoms in total. The second kappa shape index (κ2) is 8.93. The number of carboxylic acids is 1. The number of aromatic nitrogens is 3.